The summed E-state index contributed by atoms with van der Waals surface area (Å²) in [6.07, 6.45) is 0.719. The summed E-state index contributed by atoms with van der Waals surface area (Å²) >= 11 is 0. The molecule has 0 saturated carbocycles. The van der Waals surface area contributed by atoms with Gasteiger partial charge in [-0.05, 0) is 42.0 Å². The quantitative estimate of drug-likeness (QED) is 0.524. The van der Waals surface area contributed by atoms with Gasteiger partial charge in [0.25, 0.3) is 0 Å². The predicted molar refractivity (Wildman–Crippen MR) is 94.3 cm³/mol. The number of nitrogen functional groups attached to an aromatic ring is 1. The SMILES string of the molecule is Cc1cc(C(=O)c2ccc(C(C)(C)C)cc2)c(C)c(C=O)c1N. The summed E-state index contributed by atoms with van der Waals surface area (Å²) < 4.78 is 0. The first-order chi connectivity index (χ1) is 10.7. The molecule has 2 rings (SSSR count). The summed E-state index contributed by atoms with van der Waals surface area (Å²) in [6.45, 7) is 9.96. The Morgan fingerprint density at radius 1 is 1.09 bits per heavy atom. The van der Waals surface area contributed by atoms with Crippen LogP contribution in [0.2, 0.25) is 0 Å². The molecule has 0 bridgehead atoms. The molecule has 0 unspecified atom stereocenters. The van der Waals surface area contributed by atoms with E-state index < -0.39 is 0 Å². The molecule has 0 fully saturated rings. The average Bonchev–Trinajstić information content (AvgIpc) is 2.50. The van der Waals surface area contributed by atoms with Crippen LogP contribution in [0.25, 0.3) is 0 Å². The molecule has 2 aromatic rings. The highest BCUT2D eigenvalue weighted by atomic mass is 16.1. The number of rotatable bonds is 3. The van der Waals surface area contributed by atoms with Gasteiger partial charge >= 0.3 is 0 Å². The monoisotopic (exact) mass is 309 g/mol. The second-order valence-electron chi connectivity index (χ2n) is 6.97. The van der Waals surface area contributed by atoms with Crippen molar-refractivity contribution >= 4 is 17.8 Å². The fraction of sp³-hybridized carbons (Fsp3) is 0.300. The number of carbonyl (C=O) groups is 2. The molecule has 0 amide bonds. The molecule has 0 saturated heterocycles. The molecular weight excluding hydrogens is 286 g/mol. The van der Waals surface area contributed by atoms with Crippen molar-refractivity contribution in [1.82, 2.24) is 0 Å². The van der Waals surface area contributed by atoms with Gasteiger partial charge in [-0.2, -0.15) is 0 Å². The zero-order chi connectivity index (χ0) is 17.4. The standard InChI is InChI=1S/C20H23NO2/c1-12-10-16(13(2)17(11-22)18(12)21)19(23)14-6-8-15(9-7-14)20(3,4)5/h6-11H,21H2,1-5H3. The second-order valence-corrected chi connectivity index (χ2v) is 6.97. The number of aldehydes is 1. The second kappa shape index (κ2) is 5.99. The van der Waals surface area contributed by atoms with Crippen LogP contribution in [0.15, 0.2) is 30.3 Å². The van der Waals surface area contributed by atoms with Crippen molar-refractivity contribution in [3.63, 3.8) is 0 Å². The summed E-state index contributed by atoms with van der Waals surface area (Å²) in [4.78, 5) is 24.1. The molecule has 0 aliphatic carbocycles. The molecule has 3 nitrogen and oxygen atoms in total. The number of benzene rings is 2. The fourth-order valence-electron chi connectivity index (χ4n) is 2.63. The third-order valence-corrected chi connectivity index (χ3v) is 4.26. The lowest BCUT2D eigenvalue weighted by atomic mass is 9.85. The normalized spacial score (nSPS) is 11.3. The summed E-state index contributed by atoms with van der Waals surface area (Å²) in [5.41, 5.74) is 10.5. The number of nitrogens with two attached hydrogens (primary N) is 1. The van der Waals surface area contributed by atoms with Crippen molar-refractivity contribution in [2.75, 3.05) is 5.73 Å². The van der Waals surface area contributed by atoms with Crippen LogP contribution < -0.4 is 5.73 Å². The number of hydrogen-bond donors (Lipinski definition) is 1. The third kappa shape index (κ3) is 3.19. The van der Waals surface area contributed by atoms with Crippen LogP contribution in [-0.4, -0.2) is 12.1 Å². The lowest BCUT2D eigenvalue weighted by molar-refractivity contribution is 0.103. The Kier molecular flexibility index (Phi) is 4.42. The molecule has 120 valence electrons. The van der Waals surface area contributed by atoms with Gasteiger partial charge in [-0.15, -0.1) is 0 Å². The fourth-order valence-corrected chi connectivity index (χ4v) is 2.63. The molecule has 0 spiro atoms. The highest BCUT2D eigenvalue weighted by molar-refractivity contribution is 6.11. The summed E-state index contributed by atoms with van der Waals surface area (Å²) in [5, 5.41) is 0. The van der Waals surface area contributed by atoms with Crippen LogP contribution in [0.1, 0.15) is 63.7 Å². The minimum atomic E-state index is -0.0887. The van der Waals surface area contributed by atoms with Gasteiger partial charge in [-0.1, -0.05) is 45.0 Å². The third-order valence-electron chi connectivity index (χ3n) is 4.26. The predicted octanol–water partition coefficient (Wildman–Crippen LogP) is 4.23. The molecule has 0 aliphatic rings. The Balaban J connectivity index is 2.49. The molecule has 0 aromatic heterocycles. The van der Waals surface area contributed by atoms with E-state index in [-0.39, 0.29) is 11.2 Å². The van der Waals surface area contributed by atoms with Crippen LogP contribution in [0.4, 0.5) is 5.69 Å². The number of ketones is 1. The lowest BCUT2D eigenvalue weighted by Crippen LogP contribution is -2.12. The zero-order valence-electron chi connectivity index (χ0n) is 14.4. The number of carbonyl (C=O) groups excluding carboxylic acids is 2. The van der Waals surface area contributed by atoms with Gasteiger partial charge in [-0.3, -0.25) is 9.59 Å². The summed E-state index contributed by atoms with van der Waals surface area (Å²) in [5.74, 6) is -0.0887. The van der Waals surface area contributed by atoms with E-state index in [1.54, 1.807) is 19.9 Å². The lowest BCUT2D eigenvalue weighted by Gasteiger charge is -2.19. The molecule has 0 atom stereocenters. The van der Waals surface area contributed by atoms with E-state index in [0.717, 1.165) is 11.8 Å². The summed E-state index contributed by atoms with van der Waals surface area (Å²) in [7, 11) is 0. The van der Waals surface area contributed by atoms with Crippen molar-refractivity contribution in [1.29, 1.82) is 0 Å². The van der Waals surface area contributed by atoms with Crippen molar-refractivity contribution in [2.24, 2.45) is 0 Å². The Bertz CT molecular complexity index is 766. The molecule has 0 heterocycles. The maximum absolute atomic E-state index is 12.8. The number of aryl methyl sites for hydroxylation is 1. The van der Waals surface area contributed by atoms with Gasteiger partial charge in [0.1, 0.15) is 0 Å². The van der Waals surface area contributed by atoms with Gasteiger partial charge in [-0.25, -0.2) is 0 Å². The van der Waals surface area contributed by atoms with Crippen molar-refractivity contribution in [3.8, 4) is 0 Å². The summed E-state index contributed by atoms with van der Waals surface area (Å²) in [6, 6.07) is 9.40. The Hall–Kier alpha value is -2.42. The van der Waals surface area contributed by atoms with Gasteiger partial charge in [0.15, 0.2) is 12.1 Å². The average molecular weight is 309 g/mol. The Morgan fingerprint density at radius 2 is 1.65 bits per heavy atom. The van der Waals surface area contributed by atoms with E-state index in [1.165, 1.54) is 5.56 Å². The molecule has 0 aliphatic heterocycles. The maximum Gasteiger partial charge on any atom is 0.193 e. The van der Waals surface area contributed by atoms with E-state index in [4.69, 9.17) is 5.73 Å². The first-order valence-electron chi connectivity index (χ1n) is 7.67. The van der Waals surface area contributed by atoms with Crippen molar-refractivity contribution in [3.05, 3.63) is 63.7 Å². The first kappa shape index (κ1) is 16.9. The largest absolute Gasteiger partial charge is 0.398 e. The van der Waals surface area contributed by atoms with E-state index in [2.05, 4.69) is 20.8 Å². The molecule has 2 N–H and O–H groups in total. The van der Waals surface area contributed by atoms with E-state index in [0.29, 0.717) is 27.9 Å². The van der Waals surface area contributed by atoms with E-state index >= 15 is 0 Å². The number of hydrogen-bond acceptors (Lipinski definition) is 3. The maximum atomic E-state index is 12.8. The van der Waals surface area contributed by atoms with E-state index in [9.17, 15) is 9.59 Å². The highest BCUT2D eigenvalue weighted by Gasteiger charge is 2.19. The minimum absolute atomic E-state index is 0.0416. The molecule has 3 heteroatoms. The van der Waals surface area contributed by atoms with Crippen LogP contribution in [0, 0.1) is 13.8 Å². The minimum Gasteiger partial charge on any atom is -0.398 e. The van der Waals surface area contributed by atoms with Gasteiger partial charge in [0.2, 0.25) is 0 Å². The van der Waals surface area contributed by atoms with Crippen LogP contribution in [0.5, 0.6) is 0 Å². The van der Waals surface area contributed by atoms with Gasteiger partial charge < -0.3 is 5.73 Å². The van der Waals surface area contributed by atoms with Crippen LogP contribution in [-0.2, 0) is 5.41 Å². The Morgan fingerprint density at radius 3 is 2.13 bits per heavy atom. The molecular formula is C20H23NO2. The zero-order valence-corrected chi connectivity index (χ0v) is 14.4. The van der Waals surface area contributed by atoms with Crippen molar-refractivity contribution in [2.45, 2.75) is 40.0 Å². The van der Waals surface area contributed by atoms with Gasteiger partial charge in [0.05, 0.1) is 0 Å². The molecule has 23 heavy (non-hydrogen) atoms. The van der Waals surface area contributed by atoms with Gasteiger partial charge in [0, 0.05) is 22.4 Å². The van der Waals surface area contributed by atoms with Crippen molar-refractivity contribution < 1.29 is 9.59 Å². The topological polar surface area (TPSA) is 60.2 Å². The molecule has 0 radical (unpaired) electrons. The number of anilines is 1. The highest BCUT2D eigenvalue weighted by Crippen LogP contribution is 2.27. The smallest absolute Gasteiger partial charge is 0.193 e. The molecule has 2 aromatic carbocycles. The van der Waals surface area contributed by atoms with E-state index in [1.807, 2.05) is 24.3 Å². The first-order valence-corrected chi connectivity index (χ1v) is 7.67. The van der Waals surface area contributed by atoms with Crippen LogP contribution >= 0.6 is 0 Å². The Labute approximate surface area is 137 Å². The van der Waals surface area contributed by atoms with Crippen LogP contribution in [0.3, 0.4) is 0 Å².